The molecule has 1 aromatic heterocycles. The maximum absolute atomic E-state index is 7.28. The largest absolute Gasteiger partial charge is 0.455 e. The minimum Gasteiger partial charge on any atom is -0.455 e. The van der Waals surface area contributed by atoms with Crippen LogP contribution in [-0.2, 0) is 5.41 Å². The van der Waals surface area contributed by atoms with Crippen molar-refractivity contribution in [2.75, 3.05) is 4.90 Å². The lowest BCUT2D eigenvalue weighted by Gasteiger charge is -2.40. The highest BCUT2D eigenvalue weighted by Crippen LogP contribution is 2.64. The normalized spacial score (nSPS) is 13.1. The molecule has 1 spiro atoms. The highest BCUT2D eigenvalue weighted by atomic mass is 16.5. The van der Waals surface area contributed by atoms with Crippen molar-refractivity contribution in [2.45, 2.75) is 5.41 Å². The molecule has 11 aromatic carbocycles. The van der Waals surface area contributed by atoms with Crippen molar-refractivity contribution >= 4 is 60.4 Å². The number of benzene rings is 11. The van der Waals surface area contributed by atoms with Crippen LogP contribution < -0.4 is 9.64 Å². The third-order valence-corrected chi connectivity index (χ3v) is 14.2. The first-order valence-electron chi connectivity index (χ1n) is 22.7. The summed E-state index contributed by atoms with van der Waals surface area (Å²) in [7, 11) is 0. The van der Waals surface area contributed by atoms with Crippen molar-refractivity contribution in [3.8, 4) is 39.4 Å². The Labute approximate surface area is 382 Å². The minimum atomic E-state index is -0.672. The number of ether oxygens (including phenoxy) is 1. The second-order valence-electron chi connectivity index (χ2n) is 17.6. The fourth-order valence-corrected chi connectivity index (χ4v) is 11.4. The molecule has 3 nitrogen and oxygen atoms in total. The predicted molar refractivity (Wildman–Crippen MR) is 273 cm³/mol. The molecule has 1 aliphatic carbocycles. The fraction of sp³-hybridized carbons (Fsp3) is 0.0159. The number of hydrogen-bond donors (Lipinski definition) is 0. The molecule has 0 bridgehead atoms. The molecular weight excluding hydrogens is 801 g/mol. The van der Waals surface area contributed by atoms with E-state index in [0.29, 0.717) is 0 Å². The van der Waals surface area contributed by atoms with Gasteiger partial charge in [0.25, 0.3) is 0 Å². The number of anilines is 3. The van der Waals surface area contributed by atoms with Gasteiger partial charge in [0, 0.05) is 55.4 Å². The summed E-state index contributed by atoms with van der Waals surface area (Å²) in [5, 5.41) is 6.95. The molecule has 0 radical (unpaired) electrons. The Morgan fingerprint density at radius 2 is 0.864 bits per heavy atom. The molecule has 3 heteroatoms. The quantitative estimate of drug-likeness (QED) is 0.172. The van der Waals surface area contributed by atoms with Crippen LogP contribution in [0.2, 0.25) is 0 Å². The summed E-state index contributed by atoms with van der Waals surface area (Å²) in [6.45, 7) is 0. The number of aromatic nitrogens is 1. The Morgan fingerprint density at radius 1 is 0.333 bits per heavy atom. The third kappa shape index (κ3) is 5.20. The summed E-state index contributed by atoms with van der Waals surface area (Å²) in [4.78, 5) is 2.45. The van der Waals surface area contributed by atoms with Crippen molar-refractivity contribution < 1.29 is 4.74 Å². The average Bonchev–Trinajstić information content (AvgIpc) is 3.87. The molecule has 0 atom stereocenters. The van der Waals surface area contributed by atoms with E-state index in [4.69, 9.17) is 4.74 Å². The second-order valence-corrected chi connectivity index (χ2v) is 17.6. The molecule has 0 N–H and O–H groups in total. The Hall–Kier alpha value is -8.66. The summed E-state index contributed by atoms with van der Waals surface area (Å²) in [6.07, 6.45) is 0. The minimum absolute atomic E-state index is 0.672. The molecule has 0 fully saturated rings. The van der Waals surface area contributed by atoms with Crippen LogP contribution in [0.15, 0.2) is 243 Å². The molecular formula is C63H40N2O. The lowest BCUT2D eigenvalue weighted by Crippen LogP contribution is -2.32. The molecule has 2 aliphatic rings. The molecule has 14 rings (SSSR count). The molecule has 0 saturated carbocycles. The predicted octanol–water partition coefficient (Wildman–Crippen LogP) is 16.7. The summed E-state index contributed by atoms with van der Waals surface area (Å²) in [6, 6.07) is 88.8. The van der Waals surface area contributed by atoms with E-state index in [1.54, 1.807) is 0 Å². The van der Waals surface area contributed by atoms with E-state index in [0.717, 1.165) is 66.9 Å². The van der Waals surface area contributed by atoms with Gasteiger partial charge in [-0.1, -0.05) is 182 Å². The molecule has 12 aromatic rings. The maximum atomic E-state index is 7.28. The topological polar surface area (TPSA) is 17.4 Å². The van der Waals surface area contributed by atoms with E-state index < -0.39 is 5.41 Å². The van der Waals surface area contributed by atoms with E-state index in [1.807, 2.05) is 0 Å². The van der Waals surface area contributed by atoms with E-state index in [2.05, 4.69) is 252 Å². The van der Waals surface area contributed by atoms with E-state index in [9.17, 15) is 0 Å². The zero-order valence-electron chi connectivity index (χ0n) is 35.9. The Bertz CT molecular complexity index is 3820. The first-order valence-corrected chi connectivity index (χ1v) is 22.7. The highest BCUT2D eigenvalue weighted by molar-refractivity contribution is 6.11. The number of rotatable bonds is 5. The van der Waals surface area contributed by atoms with Crippen LogP contribution in [0.25, 0.3) is 71.3 Å². The standard InChI is InChI=1S/C63H40N2O/c1-3-15-41(16-4-1)42-27-31-46(32-28-42)64(47-34-38-60-54(39-47)53-24-12-14-26-59(53)65(60)45-19-5-2-6-20-45)48-33-35-52-51-23-11-13-25-55(51)63(58(52)40-48)56-36-29-43-17-7-9-21-49(43)61(56)66-62-50-22-10-8-18-44(50)30-37-57(62)63/h1-40H. The molecule has 308 valence electrons. The number of nitrogens with zero attached hydrogens (tertiary/aromatic N) is 2. The van der Waals surface area contributed by atoms with E-state index in [-0.39, 0.29) is 0 Å². The van der Waals surface area contributed by atoms with Crippen LogP contribution in [0, 0.1) is 0 Å². The summed E-state index contributed by atoms with van der Waals surface area (Å²) in [5.41, 5.74) is 15.7. The second kappa shape index (κ2) is 14.2. The smallest absolute Gasteiger partial charge is 0.140 e. The van der Waals surface area contributed by atoms with Gasteiger partial charge in [0.15, 0.2) is 0 Å². The van der Waals surface area contributed by atoms with Crippen molar-refractivity contribution in [1.82, 2.24) is 4.57 Å². The maximum Gasteiger partial charge on any atom is 0.140 e. The Morgan fingerprint density at radius 3 is 1.59 bits per heavy atom. The third-order valence-electron chi connectivity index (χ3n) is 14.2. The van der Waals surface area contributed by atoms with Crippen molar-refractivity contribution in [2.24, 2.45) is 0 Å². The zero-order valence-corrected chi connectivity index (χ0v) is 35.9. The van der Waals surface area contributed by atoms with Crippen LogP contribution >= 0.6 is 0 Å². The van der Waals surface area contributed by atoms with Gasteiger partial charge >= 0.3 is 0 Å². The first-order chi connectivity index (χ1) is 32.7. The van der Waals surface area contributed by atoms with Crippen LogP contribution in [0.1, 0.15) is 22.3 Å². The molecule has 0 saturated heterocycles. The summed E-state index contributed by atoms with van der Waals surface area (Å²) >= 11 is 0. The van der Waals surface area contributed by atoms with Gasteiger partial charge in [-0.3, -0.25) is 0 Å². The zero-order chi connectivity index (χ0) is 43.3. The van der Waals surface area contributed by atoms with Crippen LogP contribution in [0.5, 0.6) is 11.5 Å². The highest BCUT2D eigenvalue weighted by Gasteiger charge is 2.52. The number of hydrogen-bond acceptors (Lipinski definition) is 2. The van der Waals surface area contributed by atoms with E-state index in [1.165, 1.54) is 55.2 Å². The summed E-state index contributed by atoms with van der Waals surface area (Å²) < 4.78 is 9.67. The van der Waals surface area contributed by atoms with Gasteiger partial charge in [-0.25, -0.2) is 0 Å². The molecule has 0 amide bonds. The van der Waals surface area contributed by atoms with Crippen LogP contribution in [0.4, 0.5) is 17.1 Å². The van der Waals surface area contributed by atoms with E-state index >= 15 is 0 Å². The van der Waals surface area contributed by atoms with Gasteiger partial charge in [0.2, 0.25) is 0 Å². The monoisotopic (exact) mass is 840 g/mol. The fourth-order valence-electron chi connectivity index (χ4n) is 11.4. The van der Waals surface area contributed by atoms with Crippen LogP contribution in [-0.4, -0.2) is 4.57 Å². The van der Waals surface area contributed by atoms with Gasteiger partial charge in [-0.2, -0.15) is 0 Å². The van der Waals surface area contributed by atoms with Gasteiger partial charge in [0.1, 0.15) is 11.5 Å². The molecule has 1 aliphatic heterocycles. The molecule has 66 heavy (non-hydrogen) atoms. The van der Waals surface area contributed by atoms with Crippen molar-refractivity contribution in [3.05, 3.63) is 265 Å². The van der Waals surface area contributed by atoms with Gasteiger partial charge in [-0.15, -0.1) is 0 Å². The molecule has 0 unspecified atom stereocenters. The van der Waals surface area contributed by atoms with Gasteiger partial charge in [0.05, 0.1) is 16.4 Å². The SMILES string of the molecule is c1ccc(-c2ccc(N(c3ccc4c(c3)C3(c5ccccc5-4)c4ccc5ccccc5c4Oc4c3ccc3ccccc43)c3ccc4c(c3)c3ccccc3n4-c3ccccc3)cc2)cc1. The van der Waals surface area contributed by atoms with Crippen LogP contribution in [0.3, 0.4) is 0 Å². The molecule has 2 heterocycles. The number of fused-ring (bicyclic) bond motifs is 16. The van der Waals surface area contributed by atoms with Crippen molar-refractivity contribution in [3.63, 3.8) is 0 Å². The lowest BCUT2D eigenvalue weighted by atomic mass is 9.65. The Kier molecular flexibility index (Phi) is 7.90. The number of para-hydroxylation sites is 2. The van der Waals surface area contributed by atoms with Gasteiger partial charge < -0.3 is 14.2 Å². The first kappa shape index (κ1) is 36.8. The average molecular weight is 841 g/mol. The summed E-state index contributed by atoms with van der Waals surface area (Å²) in [5.74, 6) is 1.83. The Balaban J connectivity index is 1.05. The van der Waals surface area contributed by atoms with Gasteiger partial charge in [-0.05, 0) is 105 Å². The lowest BCUT2D eigenvalue weighted by molar-refractivity contribution is 0.447. The van der Waals surface area contributed by atoms with Crippen molar-refractivity contribution in [1.29, 1.82) is 0 Å².